The Kier molecular flexibility index (Phi) is 2.28. The molecule has 0 aromatic heterocycles. The van der Waals surface area contributed by atoms with Crippen LogP contribution in [0.25, 0.3) is 0 Å². The largest absolute Gasteiger partial charge is 0.462 e. The Morgan fingerprint density at radius 3 is 2.62 bits per heavy atom. The molecule has 2 aliphatic rings. The van der Waals surface area contributed by atoms with Crippen molar-refractivity contribution in [2.24, 2.45) is 11.8 Å². The predicted octanol–water partition coefficient (Wildman–Crippen LogP) is 1.10. The van der Waals surface area contributed by atoms with Crippen LogP contribution in [0.5, 0.6) is 0 Å². The second-order valence-corrected chi connectivity index (χ2v) is 4.18. The number of carbonyl (C=O) groups is 1. The van der Waals surface area contributed by atoms with Crippen molar-refractivity contribution in [2.45, 2.75) is 44.8 Å². The van der Waals surface area contributed by atoms with Crippen LogP contribution < -0.4 is 0 Å². The molecule has 0 aromatic carbocycles. The highest BCUT2D eigenvalue weighted by Gasteiger charge is 2.46. The van der Waals surface area contributed by atoms with Gasteiger partial charge < -0.3 is 9.84 Å². The summed E-state index contributed by atoms with van der Waals surface area (Å²) in [5, 5.41) is 9.49. The first-order chi connectivity index (χ1) is 6.20. The number of aliphatic hydroxyl groups is 1. The number of esters is 1. The van der Waals surface area contributed by atoms with Crippen LogP contribution in [-0.4, -0.2) is 23.3 Å². The Bertz CT molecular complexity index is 212. The summed E-state index contributed by atoms with van der Waals surface area (Å²) in [4.78, 5) is 11.0. The van der Waals surface area contributed by atoms with Crippen LogP contribution in [0, 0.1) is 11.8 Å². The van der Waals surface area contributed by atoms with Crippen molar-refractivity contribution in [1.29, 1.82) is 0 Å². The molecule has 2 fully saturated rings. The molecule has 0 heterocycles. The summed E-state index contributed by atoms with van der Waals surface area (Å²) in [6.07, 6.45) is 3.16. The van der Waals surface area contributed by atoms with Crippen molar-refractivity contribution >= 4 is 5.97 Å². The van der Waals surface area contributed by atoms with Gasteiger partial charge in [-0.3, -0.25) is 4.79 Å². The number of hydrogen-bond donors (Lipinski definition) is 1. The number of fused-ring (bicyclic) bond motifs is 2. The van der Waals surface area contributed by atoms with Gasteiger partial charge in [0.25, 0.3) is 0 Å². The Balaban J connectivity index is 1.88. The molecule has 0 saturated heterocycles. The van der Waals surface area contributed by atoms with Gasteiger partial charge in [0.2, 0.25) is 0 Å². The Hall–Kier alpha value is -0.570. The summed E-state index contributed by atoms with van der Waals surface area (Å²) in [5.74, 6) is 0.710. The topological polar surface area (TPSA) is 46.5 Å². The summed E-state index contributed by atoms with van der Waals surface area (Å²) >= 11 is 0. The second-order valence-electron chi connectivity index (χ2n) is 4.18. The smallest absolute Gasteiger partial charge is 0.305 e. The molecule has 3 nitrogen and oxygen atoms in total. The van der Waals surface area contributed by atoms with Gasteiger partial charge in [-0.1, -0.05) is 6.92 Å². The molecule has 13 heavy (non-hydrogen) atoms. The summed E-state index contributed by atoms with van der Waals surface area (Å²) in [7, 11) is 0. The molecule has 74 valence electrons. The molecule has 2 aliphatic carbocycles. The maximum Gasteiger partial charge on any atom is 0.305 e. The fourth-order valence-electron chi connectivity index (χ4n) is 2.59. The highest BCUT2D eigenvalue weighted by molar-refractivity contribution is 5.69. The van der Waals surface area contributed by atoms with E-state index in [2.05, 4.69) is 0 Å². The van der Waals surface area contributed by atoms with E-state index >= 15 is 0 Å². The number of aliphatic hydroxyl groups excluding tert-OH is 1. The van der Waals surface area contributed by atoms with Crippen LogP contribution >= 0.6 is 0 Å². The highest BCUT2D eigenvalue weighted by Crippen LogP contribution is 2.46. The van der Waals surface area contributed by atoms with Crippen molar-refractivity contribution in [3.63, 3.8) is 0 Å². The third-order valence-corrected chi connectivity index (χ3v) is 3.33. The van der Waals surface area contributed by atoms with Gasteiger partial charge in [-0.05, 0) is 31.1 Å². The third-order valence-electron chi connectivity index (χ3n) is 3.33. The highest BCUT2D eigenvalue weighted by atomic mass is 16.5. The molecule has 0 spiro atoms. The van der Waals surface area contributed by atoms with Gasteiger partial charge in [0.05, 0.1) is 6.10 Å². The number of hydrogen-bond acceptors (Lipinski definition) is 3. The monoisotopic (exact) mass is 184 g/mol. The van der Waals surface area contributed by atoms with Gasteiger partial charge >= 0.3 is 5.97 Å². The van der Waals surface area contributed by atoms with E-state index in [1.165, 1.54) is 0 Å². The van der Waals surface area contributed by atoms with Gasteiger partial charge in [-0.25, -0.2) is 0 Å². The number of carbonyl (C=O) groups excluding carboxylic acids is 1. The molecule has 0 amide bonds. The normalized spacial score (nSPS) is 42.3. The van der Waals surface area contributed by atoms with Crippen LogP contribution in [0.2, 0.25) is 0 Å². The van der Waals surface area contributed by atoms with Crippen molar-refractivity contribution in [3.05, 3.63) is 0 Å². The number of ether oxygens (including phenoxy) is 1. The minimum absolute atomic E-state index is 0.0980. The molecular formula is C10H16O3. The first-order valence-corrected chi connectivity index (χ1v) is 5.08. The van der Waals surface area contributed by atoms with Crippen molar-refractivity contribution < 1.29 is 14.6 Å². The molecule has 0 aliphatic heterocycles. The SMILES string of the molecule is CCC(=O)O[C@@H]1C[C@H]2C[C@@H]1C[C@H]2O. The van der Waals surface area contributed by atoms with E-state index in [1.54, 1.807) is 0 Å². The van der Waals surface area contributed by atoms with E-state index in [0.29, 0.717) is 18.3 Å². The molecule has 0 aromatic rings. The second kappa shape index (κ2) is 3.29. The standard InChI is InChI=1S/C10H16O3/c1-2-10(12)13-9-5-6-3-7(9)4-8(6)11/h6-9,11H,2-5H2,1H3/t6-,7-,8-,9-/m1/s1. The summed E-state index contributed by atoms with van der Waals surface area (Å²) in [5.41, 5.74) is 0. The molecule has 2 saturated carbocycles. The summed E-state index contributed by atoms with van der Waals surface area (Å²) < 4.78 is 5.29. The van der Waals surface area contributed by atoms with Crippen LogP contribution in [0.4, 0.5) is 0 Å². The van der Waals surface area contributed by atoms with Crippen LogP contribution in [0.3, 0.4) is 0 Å². The first-order valence-electron chi connectivity index (χ1n) is 5.08. The van der Waals surface area contributed by atoms with Crippen molar-refractivity contribution in [1.82, 2.24) is 0 Å². The zero-order valence-electron chi connectivity index (χ0n) is 7.90. The molecule has 2 bridgehead atoms. The molecule has 0 radical (unpaired) electrons. The molecule has 2 rings (SSSR count). The third kappa shape index (κ3) is 1.57. The minimum Gasteiger partial charge on any atom is -0.462 e. The molecule has 0 unspecified atom stereocenters. The van der Waals surface area contributed by atoms with E-state index in [1.807, 2.05) is 6.92 Å². The summed E-state index contributed by atoms with van der Waals surface area (Å²) in [6.45, 7) is 1.81. The molecular weight excluding hydrogens is 168 g/mol. The van der Waals surface area contributed by atoms with E-state index in [0.717, 1.165) is 19.3 Å². The van der Waals surface area contributed by atoms with Crippen LogP contribution in [-0.2, 0) is 9.53 Å². The zero-order chi connectivity index (χ0) is 9.42. The molecule has 1 N–H and O–H groups in total. The summed E-state index contributed by atoms with van der Waals surface area (Å²) in [6, 6.07) is 0. The van der Waals surface area contributed by atoms with Gasteiger partial charge in [-0.2, -0.15) is 0 Å². The van der Waals surface area contributed by atoms with Gasteiger partial charge in [0.15, 0.2) is 0 Å². The average molecular weight is 184 g/mol. The van der Waals surface area contributed by atoms with Crippen molar-refractivity contribution in [3.8, 4) is 0 Å². The quantitative estimate of drug-likeness (QED) is 0.654. The van der Waals surface area contributed by atoms with Crippen LogP contribution in [0.15, 0.2) is 0 Å². The Morgan fingerprint density at radius 2 is 2.15 bits per heavy atom. The molecule has 4 atom stereocenters. The lowest BCUT2D eigenvalue weighted by Crippen LogP contribution is -2.29. The maximum absolute atomic E-state index is 11.0. The van der Waals surface area contributed by atoms with E-state index in [-0.39, 0.29) is 18.2 Å². The van der Waals surface area contributed by atoms with Gasteiger partial charge in [0, 0.05) is 6.42 Å². The Morgan fingerprint density at radius 1 is 1.38 bits per heavy atom. The predicted molar refractivity (Wildman–Crippen MR) is 47.0 cm³/mol. The lowest BCUT2D eigenvalue weighted by atomic mass is 9.95. The first kappa shape index (κ1) is 9.00. The Labute approximate surface area is 78.1 Å². The van der Waals surface area contributed by atoms with Crippen LogP contribution in [0.1, 0.15) is 32.6 Å². The fraction of sp³-hybridized carbons (Fsp3) is 0.900. The van der Waals surface area contributed by atoms with E-state index in [4.69, 9.17) is 4.74 Å². The minimum atomic E-state index is -0.137. The zero-order valence-corrected chi connectivity index (χ0v) is 7.90. The molecule has 3 heteroatoms. The van der Waals surface area contributed by atoms with Gasteiger partial charge in [0.1, 0.15) is 6.10 Å². The van der Waals surface area contributed by atoms with E-state index < -0.39 is 0 Å². The van der Waals surface area contributed by atoms with Crippen molar-refractivity contribution in [2.75, 3.05) is 0 Å². The lowest BCUT2D eigenvalue weighted by molar-refractivity contribution is -0.152. The fourth-order valence-corrected chi connectivity index (χ4v) is 2.59. The lowest BCUT2D eigenvalue weighted by Gasteiger charge is -2.24. The van der Waals surface area contributed by atoms with Gasteiger partial charge in [-0.15, -0.1) is 0 Å². The number of rotatable bonds is 2. The average Bonchev–Trinajstić information content (AvgIpc) is 2.63. The van der Waals surface area contributed by atoms with E-state index in [9.17, 15) is 9.90 Å². The maximum atomic E-state index is 11.0.